The summed E-state index contributed by atoms with van der Waals surface area (Å²) >= 11 is 0. The lowest BCUT2D eigenvalue weighted by molar-refractivity contribution is -0.117. The van der Waals surface area contributed by atoms with E-state index < -0.39 is 0 Å². The number of nitrogens with zero attached hydrogens (tertiary/aromatic N) is 3. The van der Waals surface area contributed by atoms with Gasteiger partial charge in [-0.2, -0.15) is 5.10 Å². The summed E-state index contributed by atoms with van der Waals surface area (Å²) in [6, 6.07) is 6.89. The van der Waals surface area contributed by atoms with Crippen LogP contribution in [0, 0.1) is 5.92 Å². The maximum atomic E-state index is 12.7. The fraction of sp³-hybridized carbons (Fsp3) is 0.500. The zero-order valence-corrected chi connectivity index (χ0v) is 18.3. The van der Waals surface area contributed by atoms with E-state index in [0.717, 1.165) is 25.1 Å². The predicted molar refractivity (Wildman–Crippen MR) is 118 cm³/mol. The van der Waals surface area contributed by atoms with Gasteiger partial charge in [-0.05, 0) is 30.9 Å². The van der Waals surface area contributed by atoms with Crippen LogP contribution in [0.2, 0.25) is 0 Å². The normalized spacial score (nSPS) is 16.1. The minimum Gasteiger partial charge on any atom is -0.497 e. The summed E-state index contributed by atoms with van der Waals surface area (Å²) in [5.41, 5.74) is 1.22. The van der Waals surface area contributed by atoms with Gasteiger partial charge in [-0.3, -0.25) is 9.59 Å². The smallest absolute Gasteiger partial charge is 0.268 e. The third-order valence-electron chi connectivity index (χ3n) is 5.40. The number of ether oxygens (including phenoxy) is 3. The van der Waals surface area contributed by atoms with Crippen molar-refractivity contribution in [1.82, 2.24) is 9.78 Å². The van der Waals surface area contributed by atoms with Gasteiger partial charge in [0, 0.05) is 38.8 Å². The van der Waals surface area contributed by atoms with E-state index >= 15 is 0 Å². The Balaban J connectivity index is 1.62. The van der Waals surface area contributed by atoms with Crippen LogP contribution in [0.15, 0.2) is 35.3 Å². The van der Waals surface area contributed by atoms with Crippen LogP contribution >= 0.6 is 0 Å². The minimum absolute atomic E-state index is 0.0773. The lowest BCUT2D eigenvalue weighted by Gasteiger charge is -2.34. The Morgan fingerprint density at radius 3 is 2.77 bits per heavy atom. The number of amides is 1. The van der Waals surface area contributed by atoms with Crippen LogP contribution in [0.25, 0.3) is 0 Å². The first-order valence-corrected chi connectivity index (χ1v) is 10.4. The first-order chi connectivity index (χ1) is 15.0. The summed E-state index contributed by atoms with van der Waals surface area (Å²) in [4.78, 5) is 27.1. The van der Waals surface area contributed by atoms with Gasteiger partial charge >= 0.3 is 0 Å². The van der Waals surface area contributed by atoms with Gasteiger partial charge < -0.3 is 24.4 Å². The summed E-state index contributed by atoms with van der Waals surface area (Å²) in [5.74, 6) is 1.33. The Morgan fingerprint density at radius 2 is 2.06 bits per heavy atom. The third-order valence-corrected chi connectivity index (χ3v) is 5.40. The van der Waals surface area contributed by atoms with Crippen LogP contribution in [0.5, 0.6) is 11.5 Å². The summed E-state index contributed by atoms with van der Waals surface area (Å²) in [6.07, 6.45) is 4.00. The largest absolute Gasteiger partial charge is 0.497 e. The molecule has 2 aromatic rings. The van der Waals surface area contributed by atoms with Crippen molar-refractivity contribution in [2.75, 3.05) is 51.2 Å². The molecule has 3 rings (SSSR count). The van der Waals surface area contributed by atoms with Crippen molar-refractivity contribution in [3.8, 4) is 11.5 Å². The third kappa shape index (κ3) is 5.97. The molecule has 1 atom stereocenters. The highest BCUT2D eigenvalue weighted by molar-refractivity contribution is 5.92. The van der Waals surface area contributed by atoms with Gasteiger partial charge in [0.25, 0.3) is 5.56 Å². The van der Waals surface area contributed by atoms with Gasteiger partial charge in [0.2, 0.25) is 5.91 Å². The summed E-state index contributed by atoms with van der Waals surface area (Å²) in [5, 5.41) is 7.18. The zero-order valence-electron chi connectivity index (χ0n) is 18.3. The SMILES string of the molecule is COCCn1ncc(N2CCCC(CC(=O)Nc3cc(OC)ccc3OC)C2)cc1=O. The zero-order chi connectivity index (χ0) is 22.2. The molecule has 1 amide bonds. The summed E-state index contributed by atoms with van der Waals surface area (Å²) < 4.78 is 17.0. The molecule has 0 bridgehead atoms. The van der Waals surface area contributed by atoms with Gasteiger partial charge in [0.15, 0.2) is 0 Å². The molecule has 9 heteroatoms. The van der Waals surface area contributed by atoms with Crippen molar-refractivity contribution in [1.29, 1.82) is 0 Å². The quantitative estimate of drug-likeness (QED) is 0.651. The molecule has 0 aliphatic carbocycles. The lowest BCUT2D eigenvalue weighted by Crippen LogP contribution is -2.38. The Hall–Kier alpha value is -3.07. The van der Waals surface area contributed by atoms with Crippen LogP contribution in [0.1, 0.15) is 19.3 Å². The number of hydrogen-bond acceptors (Lipinski definition) is 7. The van der Waals surface area contributed by atoms with Gasteiger partial charge in [-0.25, -0.2) is 4.68 Å². The number of anilines is 2. The second-order valence-corrected chi connectivity index (χ2v) is 7.54. The molecule has 1 saturated heterocycles. The molecule has 9 nitrogen and oxygen atoms in total. The second-order valence-electron chi connectivity index (χ2n) is 7.54. The molecular formula is C22H30N4O5. The molecule has 1 aliphatic rings. The molecular weight excluding hydrogens is 400 g/mol. The standard InChI is InChI=1S/C22H30N4O5/c1-29-10-9-26-22(28)12-17(14-23-26)25-8-4-5-16(15-25)11-21(27)24-19-13-18(30-2)6-7-20(19)31-3/h6-7,12-14,16H,4-5,8-11,15H2,1-3H3,(H,24,27). The highest BCUT2D eigenvalue weighted by atomic mass is 16.5. The Kier molecular flexibility index (Phi) is 7.88. The van der Waals surface area contributed by atoms with Gasteiger partial charge in [-0.15, -0.1) is 0 Å². The van der Waals surface area contributed by atoms with Crippen molar-refractivity contribution in [3.05, 3.63) is 40.8 Å². The first kappa shape index (κ1) is 22.6. The average Bonchev–Trinajstić information content (AvgIpc) is 2.78. The molecule has 1 N–H and O–H groups in total. The molecule has 1 aromatic carbocycles. The van der Waals surface area contributed by atoms with Crippen molar-refractivity contribution in [3.63, 3.8) is 0 Å². The van der Waals surface area contributed by atoms with E-state index in [0.29, 0.717) is 43.3 Å². The minimum atomic E-state index is -0.153. The topological polar surface area (TPSA) is 94.9 Å². The molecule has 31 heavy (non-hydrogen) atoms. The van der Waals surface area contributed by atoms with Crippen LogP contribution in [0.3, 0.4) is 0 Å². The van der Waals surface area contributed by atoms with E-state index in [1.54, 1.807) is 51.8 Å². The van der Waals surface area contributed by atoms with Gasteiger partial charge in [0.05, 0.1) is 44.9 Å². The molecule has 1 aliphatic heterocycles. The van der Waals surface area contributed by atoms with Crippen molar-refractivity contribution >= 4 is 17.3 Å². The van der Waals surface area contributed by atoms with Crippen molar-refractivity contribution in [2.45, 2.75) is 25.8 Å². The molecule has 1 aromatic heterocycles. The summed E-state index contributed by atoms with van der Waals surface area (Å²) in [7, 11) is 4.73. The molecule has 0 saturated carbocycles. The van der Waals surface area contributed by atoms with E-state index in [4.69, 9.17) is 14.2 Å². The van der Waals surface area contributed by atoms with E-state index in [9.17, 15) is 9.59 Å². The highest BCUT2D eigenvalue weighted by Crippen LogP contribution is 2.30. The Labute approximate surface area is 181 Å². The van der Waals surface area contributed by atoms with E-state index in [1.165, 1.54) is 4.68 Å². The average molecular weight is 431 g/mol. The van der Waals surface area contributed by atoms with Crippen LogP contribution in [0.4, 0.5) is 11.4 Å². The maximum Gasteiger partial charge on any atom is 0.268 e. The first-order valence-electron chi connectivity index (χ1n) is 10.4. The number of rotatable bonds is 9. The van der Waals surface area contributed by atoms with Crippen molar-refractivity contribution < 1.29 is 19.0 Å². The fourth-order valence-corrected chi connectivity index (χ4v) is 3.78. The number of carbonyl (C=O) groups is 1. The van der Waals surface area contributed by atoms with E-state index in [1.807, 2.05) is 0 Å². The summed E-state index contributed by atoms with van der Waals surface area (Å²) in [6.45, 7) is 2.40. The Bertz CT molecular complexity index is 946. The Morgan fingerprint density at radius 1 is 1.23 bits per heavy atom. The number of methoxy groups -OCH3 is 3. The van der Waals surface area contributed by atoms with Gasteiger partial charge in [0.1, 0.15) is 11.5 Å². The van der Waals surface area contributed by atoms with E-state index in [2.05, 4.69) is 15.3 Å². The number of carbonyl (C=O) groups excluding carboxylic acids is 1. The number of piperidine rings is 1. The highest BCUT2D eigenvalue weighted by Gasteiger charge is 2.23. The monoisotopic (exact) mass is 430 g/mol. The number of aromatic nitrogens is 2. The van der Waals surface area contributed by atoms with E-state index in [-0.39, 0.29) is 17.4 Å². The predicted octanol–water partition coefficient (Wildman–Crippen LogP) is 2.15. The molecule has 168 valence electrons. The van der Waals surface area contributed by atoms with Gasteiger partial charge in [-0.1, -0.05) is 0 Å². The van der Waals surface area contributed by atoms with Crippen LogP contribution in [-0.2, 0) is 16.1 Å². The number of benzene rings is 1. The fourth-order valence-electron chi connectivity index (χ4n) is 3.78. The van der Waals surface area contributed by atoms with Crippen LogP contribution < -0.4 is 25.2 Å². The van der Waals surface area contributed by atoms with Crippen molar-refractivity contribution in [2.24, 2.45) is 5.92 Å². The molecule has 2 heterocycles. The van der Waals surface area contributed by atoms with Crippen LogP contribution in [-0.4, -0.2) is 56.7 Å². The molecule has 0 radical (unpaired) electrons. The molecule has 1 fully saturated rings. The second kappa shape index (κ2) is 10.8. The number of hydrogen-bond donors (Lipinski definition) is 1. The molecule has 1 unspecified atom stereocenters. The number of nitrogens with one attached hydrogen (secondary N) is 1. The lowest BCUT2D eigenvalue weighted by atomic mass is 9.94. The molecule has 0 spiro atoms. The maximum absolute atomic E-state index is 12.7.